The fraction of sp³-hybridized carbons (Fsp3) is 0.500. The Kier molecular flexibility index (Phi) is 2.96. The van der Waals surface area contributed by atoms with Crippen LogP contribution in [0.15, 0.2) is 6.07 Å². The van der Waals surface area contributed by atoms with E-state index in [2.05, 4.69) is 4.98 Å². The number of aromatic nitrogens is 1. The lowest BCUT2D eigenvalue weighted by Crippen LogP contribution is -2.03. The maximum Gasteiger partial charge on any atom is 0.242 e. The number of hydrogen-bond acceptors (Lipinski definition) is 1. The molecule has 0 saturated carbocycles. The Morgan fingerprint density at radius 2 is 1.85 bits per heavy atom. The molecule has 0 aliphatic carbocycles. The highest BCUT2D eigenvalue weighted by Gasteiger charge is 2.09. The Morgan fingerprint density at radius 3 is 2.38 bits per heavy atom. The third-order valence-electron chi connectivity index (χ3n) is 2.14. The van der Waals surface area contributed by atoms with Crippen molar-refractivity contribution < 1.29 is 8.78 Å². The van der Waals surface area contributed by atoms with Crippen LogP contribution < -0.4 is 0 Å². The molecule has 1 aromatic rings. The van der Waals surface area contributed by atoms with Gasteiger partial charge in [0.15, 0.2) is 0 Å². The molecule has 0 aliphatic rings. The summed E-state index contributed by atoms with van der Waals surface area (Å²) in [7, 11) is 0. The zero-order valence-corrected chi connectivity index (χ0v) is 8.06. The highest BCUT2D eigenvalue weighted by Crippen LogP contribution is 2.14. The molecule has 0 aromatic carbocycles. The van der Waals surface area contributed by atoms with E-state index in [0.29, 0.717) is 11.3 Å². The van der Waals surface area contributed by atoms with E-state index < -0.39 is 6.43 Å². The Bertz CT molecular complexity index is 308. The van der Waals surface area contributed by atoms with Crippen molar-refractivity contribution in [3.05, 3.63) is 28.6 Å². The number of nitrogens with zero attached hydrogens (tertiary/aromatic N) is 1. The van der Waals surface area contributed by atoms with Crippen LogP contribution in [0.1, 0.15) is 22.5 Å². The highest BCUT2D eigenvalue weighted by molar-refractivity contribution is 5.28. The molecule has 0 atom stereocenters. The highest BCUT2D eigenvalue weighted by atomic mass is 19.3. The van der Waals surface area contributed by atoms with E-state index in [1.807, 2.05) is 13.8 Å². The number of alkyl halides is 2. The van der Waals surface area contributed by atoms with E-state index in [9.17, 15) is 8.78 Å². The minimum Gasteiger partial charge on any atom is -0.258 e. The van der Waals surface area contributed by atoms with E-state index in [1.54, 1.807) is 13.0 Å². The predicted octanol–water partition coefficient (Wildman–Crippen LogP) is 2.81. The SMILES string of the molecule is Cc1cc(CC(F)F)c(C)nc1C. The molecule has 0 bridgehead atoms. The average molecular weight is 185 g/mol. The first kappa shape index (κ1) is 10.1. The molecule has 1 rings (SSSR count). The lowest BCUT2D eigenvalue weighted by molar-refractivity contribution is 0.148. The largest absolute Gasteiger partial charge is 0.258 e. The third kappa shape index (κ3) is 2.47. The van der Waals surface area contributed by atoms with Crippen LogP contribution in [0.2, 0.25) is 0 Å². The smallest absolute Gasteiger partial charge is 0.242 e. The summed E-state index contributed by atoms with van der Waals surface area (Å²) in [5.41, 5.74) is 3.25. The zero-order chi connectivity index (χ0) is 10.0. The number of halogens is 2. The lowest BCUT2D eigenvalue weighted by Gasteiger charge is -2.07. The zero-order valence-electron chi connectivity index (χ0n) is 8.06. The van der Waals surface area contributed by atoms with Crippen molar-refractivity contribution in [1.82, 2.24) is 4.98 Å². The van der Waals surface area contributed by atoms with Gasteiger partial charge in [-0.1, -0.05) is 6.07 Å². The van der Waals surface area contributed by atoms with Crippen molar-refractivity contribution in [2.75, 3.05) is 0 Å². The van der Waals surface area contributed by atoms with Crippen molar-refractivity contribution in [3.63, 3.8) is 0 Å². The van der Waals surface area contributed by atoms with Crippen LogP contribution in [-0.4, -0.2) is 11.4 Å². The van der Waals surface area contributed by atoms with Crippen LogP contribution in [0.25, 0.3) is 0 Å². The number of pyridine rings is 1. The molecule has 0 unspecified atom stereocenters. The standard InChI is InChI=1S/C10H13F2N/c1-6-4-9(5-10(11)12)8(3)13-7(6)2/h4,10H,5H2,1-3H3. The van der Waals surface area contributed by atoms with Gasteiger partial charge in [-0.3, -0.25) is 4.98 Å². The molecule has 0 radical (unpaired) electrons. The molecule has 0 saturated heterocycles. The first-order valence-electron chi connectivity index (χ1n) is 4.22. The van der Waals surface area contributed by atoms with Gasteiger partial charge in [0.1, 0.15) is 0 Å². The normalized spacial score (nSPS) is 10.9. The molecule has 1 nitrogen and oxygen atoms in total. The van der Waals surface area contributed by atoms with E-state index in [-0.39, 0.29) is 6.42 Å². The van der Waals surface area contributed by atoms with Crippen LogP contribution >= 0.6 is 0 Å². The fourth-order valence-electron chi connectivity index (χ4n) is 1.25. The Labute approximate surface area is 76.8 Å². The van der Waals surface area contributed by atoms with Gasteiger partial charge >= 0.3 is 0 Å². The topological polar surface area (TPSA) is 12.9 Å². The van der Waals surface area contributed by atoms with Crippen LogP contribution in [0.5, 0.6) is 0 Å². The lowest BCUT2D eigenvalue weighted by atomic mass is 10.1. The van der Waals surface area contributed by atoms with E-state index in [1.165, 1.54) is 0 Å². The molecule has 0 N–H and O–H groups in total. The van der Waals surface area contributed by atoms with Crippen LogP contribution in [0.4, 0.5) is 8.78 Å². The first-order valence-corrected chi connectivity index (χ1v) is 4.22. The Hall–Kier alpha value is -0.990. The molecule has 1 heterocycles. The Balaban J connectivity index is 3.01. The van der Waals surface area contributed by atoms with E-state index >= 15 is 0 Å². The molecule has 72 valence electrons. The summed E-state index contributed by atoms with van der Waals surface area (Å²) in [6.07, 6.45) is -2.48. The van der Waals surface area contributed by atoms with Gasteiger partial charge in [-0.15, -0.1) is 0 Å². The van der Waals surface area contributed by atoms with Crippen LogP contribution in [-0.2, 0) is 6.42 Å². The average Bonchev–Trinajstić information content (AvgIpc) is 1.99. The van der Waals surface area contributed by atoms with Gasteiger partial charge in [-0.2, -0.15) is 0 Å². The second-order valence-electron chi connectivity index (χ2n) is 3.23. The molecule has 0 spiro atoms. The number of hydrogen-bond donors (Lipinski definition) is 0. The second-order valence-corrected chi connectivity index (χ2v) is 3.23. The summed E-state index contributed by atoms with van der Waals surface area (Å²) in [4.78, 5) is 4.19. The van der Waals surface area contributed by atoms with Gasteiger partial charge < -0.3 is 0 Å². The molecule has 1 aromatic heterocycles. The molecule has 0 fully saturated rings. The molecular weight excluding hydrogens is 172 g/mol. The molecule has 3 heteroatoms. The van der Waals surface area contributed by atoms with Crippen molar-refractivity contribution >= 4 is 0 Å². The van der Waals surface area contributed by atoms with Gasteiger partial charge in [0.25, 0.3) is 0 Å². The van der Waals surface area contributed by atoms with E-state index in [0.717, 1.165) is 11.3 Å². The van der Waals surface area contributed by atoms with Gasteiger partial charge in [0.2, 0.25) is 6.43 Å². The van der Waals surface area contributed by atoms with Gasteiger partial charge in [0, 0.05) is 17.8 Å². The molecule has 0 aliphatic heterocycles. The van der Waals surface area contributed by atoms with Crippen LogP contribution in [0, 0.1) is 20.8 Å². The minimum atomic E-state index is -2.29. The van der Waals surface area contributed by atoms with E-state index in [4.69, 9.17) is 0 Å². The molecule has 0 amide bonds. The predicted molar refractivity (Wildman–Crippen MR) is 48.2 cm³/mol. The summed E-state index contributed by atoms with van der Waals surface area (Å²) in [5.74, 6) is 0. The maximum absolute atomic E-state index is 12.1. The van der Waals surface area contributed by atoms with Gasteiger partial charge in [0.05, 0.1) is 0 Å². The first-order chi connectivity index (χ1) is 6.00. The Morgan fingerprint density at radius 1 is 1.23 bits per heavy atom. The third-order valence-corrected chi connectivity index (χ3v) is 2.14. The number of rotatable bonds is 2. The molecule has 13 heavy (non-hydrogen) atoms. The quantitative estimate of drug-likeness (QED) is 0.690. The maximum atomic E-state index is 12.1. The second kappa shape index (κ2) is 3.81. The van der Waals surface area contributed by atoms with Crippen LogP contribution in [0.3, 0.4) is 0 Å². The van der Waals surface area contributed by atoms with Crippen molar-refractivity contribution in [3.8, 4) is 0 Å². The van der Waals surface area contributed by atoms with Gasteiger partial charge in [-0.05, 0) is 31.9 Å². The summed E-state index contributed by atoms with van der Waals surface area (Å²) in [5, 5.41) is 0. The van der Waals surface area contributed by atoms with Crippen molar-refractivity contribution in [2.45, 2.75) is 33.6 Å². The monoisotopic (exact) mass is 185 g/mol. The van der Waals surface area contributed by atoms with Gasteiger partial charge in [-0.25, -0.2) is 8.78 Å². The minimum absolute atomic E-state index is 0.194. The van der Waals surface area contributed by atoms with Crippen molar-refractivity contribution in [2.24, 2.45) is 0 Å². The summed E-state index contributed by atoms with van der Waals surface area (Å²) in [6.45, 7) is 5.54. The summed E-state index contributed by atoms with van der Waals surface area (Å²) < 4.78 is 24.2. The summed E-state index contributed by atoms with van der Waals surface area (Å²) >= 11 is 0. The molecular formula is C10H13F2N. The fourth-order valence-corrected chi connectivity index (χ4v) is 1.25. The van der Waals surface area contributed by atoms with Crippen molar-refractivity contribution in [1.29, 1.82) is 0 Å². The summed E-state index contributed by atoms with van der Waals surface area (Å²) in [6, 6.07) is 1.80. The number of aryl methyl sites for hydroxylation is 3.